The fourth-order valence-corrected chi connectivity index (χ4v) is 13.4. The van der Waals surface area contributed by atoms with Gasteiger partial charge in [-0.05, 0) is 109 Å². The molecule has 3 fully saturated rings. The van der Waals surface area contributed by atoms with Crippen LogP contribution >= 0.6 is 0 Å². The molecule has 0 aromatic rings. The van der Waals surface area contributed by atoms with Crippen molar-refractivity contribution in [2.75, 3.05) is 26.4 Å². The van der Waals surface area contributed by atoms with E-state index >= 15 is 0 Å². The van der Waals surface area contributed by atoms with E-state index in [1.54, 1.807) is 6.08 Å². The van der Waals surface area contributed by atoms with Gasteiger partial charge in [0.05, 0.1) is 38.6 Å². The van der Waals surface area contributed by atoms with E-state index in [1.165, 1.54) is 148 Å². The minimum Gasteiger partial charge on any atom is -0.394 e. The first kappa shape index (κ1) is 98.1. The van der Waals surface area contributed by atoms with Crippen LogP contribution in [0.2, 0.25) is 0 Å². The Kier molecular flexibility index (Phi) is 61.3. The van der Waals surface area contributed by atoms with Crippen LogP contribution in [0.15, 0.2) is 134 Å². The van der Waals surface area contributed by atoms with Crippen LogP contribution in [0.3, 0.4) is 0 Å². The van der Waals surface area contributed by atoms with Crippen LogP contribution in [0.5, 0.6) is 0 Å². The molecular formula is C89H151NO18. The van der Waals surface area contributed by atoms with Crippen LogP contribution in [-0.2, 0) is 33.2 Å². The van der Waals surface area contributed by atoms with Gasteiger partial charge in [0.25, 0.3) is 0 Å². The van der Waals surface area contributed by atoms with Gasteiger partial charge in [0, 0.05) is 6.42 Å². The first-order valence-electron chi connectivity index (χ1n) is 42.4. The van der Waals surface area contributed by atoms with Gasteiger partial charge >= 0.3 is 0 Å². The maximum atomic E-state index is 13.5. The van der Waals surface area contributed by atoms with Crippen LogP contribution < -0.4 is 5.32 Å². The number of aliphatic hydroxyl groups excluding tert-OH is 11. The normalized spacial score (nSPS) is 26.1. The highest BCUT2D eigenvalue weighted by molar-refractivity contribution is 5.76. The summed E-state index contributed by atoms with van der Waals surface area (Å²) >= 11 is 0. The second-order valence-electron chi connectivity index (χ2n) is 29.5. The van der Waals surface area contributed by atoms with Gasteiger partial charge < -0.3 is 89.9 Å². The third-order valence-electron chi connectivity index (χ3n) is 20.2. The van der Waals surface area contributed by atoms with Crippen molar-refractivity contribution in [2.24, 2.45) is 0 Å². The fraction of sp³-hybridized carbons (Fsp3) is 0.742. The summed E-state index contributed by atoms with van der Waals surface area (Å²) in [7, 11) is 0. The van der Waals surface area contributed by atoms with Crippen LogP contribution in [0.25, 0.3) is 0 Å². The Bertz CT molecular complexity index is 2470. The summed E-state index contributed by atoms with van der Waals surface area (Å²) in [6.45, 7) is 1.61. The number of carbonyl (C=O) groups is 1. The summed E-state index contributed by atoms with van der Waals surface area (Å²) < 4.78 is 34.4. The second-order valence-corrected chi connectivity index (χ2v) is 29.5. The number of rotatable bonds is 66. The standard InChI is InChI=1S/C89H151NO18/c1-3-5-7-9-11-13-15-17-19-21-23-25-27-29-31-32-33-34-35-36-37-38-39-40-41-43-45-47-49-51-53-55-57-59-61-63-65-67-77(95)90-72(73(94)66-64-62-60-58-56-54-52-50-48-46-44-42-30-28-26-24-22-20-18-16-14-12-10-8-6-4-2)71-103-87-83(101)80(98)85(75(69-92)105-87)108-89-84(102)81(99)86(76(70-93)106-89)107-88-82(100)79(97)78(96)74(68-91)104-88/h5,7,11,13,17,19,23,25,29,31,33-34,36-37,39-40,48,50,56,58,64,66,72-76,78-89,91-94,96-102H,3-4,6,8-10,12,14-16,18,20-22,24,26-28,30,32,35,38,41-47,49,51-55,57,59-63,65,67-71H2,1-2H3,(H,90,95)/b7-5-,13-11-,19-17-,25-23-,31-29-,34-33-,37-36-,40-39-,50-48+,58-56+,66-64+. The molecule has 3 rings (SSSR count). The number of ether oxygens (including phenoxy) is 6. The molecule has 3 saturated heterocycles. The number of allylic oxidation sites excluding steroid dienone is 21. The minimum atomic E-state index is -1.99. The number of aliphatic hydroxyl groups is 11. The number of amides is 1. The molecule has 0 saturated carbocycles. The van der Waals surface area contributed by atoms with E-state index in [4.69, 9.17) is 28.4 Å². The molecule has 0 spiro atoms. The molecule has 0 radical (unpaired) electrons. The molecular weight excluding hydrogens is 1370 g/mol. The Hall–Kier alpha value is -4.07. The molecule has 19 heteroatoms. The number of nitrogens with one attached hydrogen (secondary N) is 1. The zero-order chi connectivity index (χ0) is 78.1. The van der Waals surface area contributed by atoms with E-state index < -0.39 is 124 Å². The van der Waals surface area contributed by atoms with Crippen molar-refractivity contribution < 1.29 is 89.4 Å². The van der Waals surface area contributed by atoms with Crippen LogP contribution in [-0.4, -0.2) is 193 Å². The maximum absolute atomic E-state index is 13.5. The Labute approximate surface area is 651 Å². The largest absolute Gasteiger partial charge is 0.394 e. The molecule has 3 heterocycles. The number of hydrogen-bond acceptors (Lipinski definition) is 18. The molecule has 3 aliphatic rings. The molecule has 0 bridgehead atoms. The second kappa shape index (κ2) is 67.4. The molecule has 17 unspecified atom stereocenters. The molecule has 19 nitrogen and oxygen atoms in total. The SMILES string of the molecule is CC/C=C\C/C=C\C/C=C\C/C=C\C/C=C\C/C=C\C/C=C\C/C=C\CCCCCCCCCCCCCCC(=O)NC(COC1OC(CO)C(OC2OC(CO)C(OC3OC(CO)C(O)C(O)C3O)C(O)C2O)C(O)C1O)C(O)/C=C/CC/C=C/CC/C=C/CCCCCCCCCCCCCCCCCC. The van der Waals surface area contributed by atoms with Gasteiger partial charge in [-0.3, -0.25) is 4.79 Å². The van der Waals surface area contributed by atoms with Crippen molar-refractivity contribution >= 4 is 5.91 Å². The van der Waals surface area contributed by atoms with Gasteiger partial charge in [-0.25, -0.2) is 0 Å². The third-order valence-corrected chi connectivity index (χ3v) is 20.2. The lowest BCUT2D eigenvalue weighted by molar-refractivity contribution is -0.379. The van der Waals surface area contributed by atoms with Gasteiger partial charge in [0.15, 0.2) is 18.9 Å². The number of carbonyl (C=O) groups excluding carboxylic acids is 1. The first-order valence-corrected chi connectivity index (χ1v) is 42.4. The summed E-state index contributed by atoms with van der Waals surface area (Å²) in [5, 5.41) is 121. The van der Waals surface area contributed by atoms with Crippen LogP contribution in [0.4, 0.5) is 0 Å². The quantitative estimate of drug-likeness (QED) is 0.0199. The summed E-state index contributed by atoms with van der Waals surface area (Å²) in [5.74, 6) is -0.295. The lowest BCUT2D eigenvalue weighted by atomic mass is 9.96. The molecule has 0 aromatic carbocycles. The average molecular weight is 1520 g/mol. The molecule has 1 amide bonds. The molecule has 3 aliphatic heterocycles. The van der Waals surface area contributed by atoms with E-state index in [-0.39, 0.29) is 18.9 Å². The molecule has 12 N–H and O–H groups in total. The smallest absolute Gasteiger partial charge is 0.220 e. The molecule has 0 aromatic heterocycles. The molecule has 620 valence electrons. The summed E-state index contributed by atoms with van der Waals surface area (Å²) in [4.78, 5) is 13.5. The van der Waals surface area contributed by atoms with Gasteiger partial charge in [-0.2, -0.15) is 0 Å². The van der Waals surface area contributed by atoms with Crippen molar-refractivity contribution in [3.63, 3.8) is 0 Å². The van der Waals surface area contributed by atoms with Crippen molar-refractivity contribution in [1.29, 1.82) is 0 Å². The topological polar surface area (TPSA) is 307 Å². The maximum Gasteiger partial charge on any atom is 0.220 e. The minimum absolute atomic E-state index is 0.222. The van der Waals surface area contributed by atoms with E-state index in [9.17, 15) is 61.0 Å². The van der Waals surface area contributed by atoms with E-state index in [1.807, 2.05) is 6.08 Å². The number of unbranched alkanes of at least 4 members (excludes halogenated alkanes) is 30. The number of hydrogen-bond donors (Lipinski definition) is 12. The first-order chi connectivity index (χ1) is 52.8. The highest BCUT2D eigenvalue weighted by Crippen LogP contribution is 2.33. The predicted octanol–water partition coefficient (Wildman–Crippen LogP) is 15.2. The molecule has 0 aliphatic carbocycles. The van der Waals surface area contributed by atoms with Crippen LogP contribution in [0, 0.1) is 0 Å². The van der Waals surface area contributed by atoms with Crippen LogP contribution in [0.1, 0.15) is 290 Å². The van der Waals surface area contributed by atoms with E-state index in [2.05, 4.69) is 141 Å². The summed E-state index contributed by atoms with van der Waals surface area (Å²) in [6.07, 6.45) is 70.1. The zero-order valence-electron chi connectivity index (χ0n) is 66.5. The lowest BCUT2D eigenvalue weighted by Gasteiger charge is -2.48. The Morgan fingerprint density at radius 3 is 1.04 bits per heavy atom. The Morgan fingerprint density at radius 2 is 0.648 bits per heavy atom. The Morgan fingerprint density at radius 1 is 0.343 bits per heavy atom. The third kappa shape index (κ3) is 46.2. The van der Waals surface area contributed by atoms with Crippen molar-refractivity contribution in [3.05, 3.63) is 134 Å². The van der Waals surface area contributed by atoms with Gasteiger partial charge in [-0.1, -0.05) is 308 Å². The molecule has 108 heavy (non-hydrogen) atoms. The van der Waals surface area contributed by atoms with Crippen molar-refractivity contribution in [3.8, 4) is 0 Å². The monoisotopic (exact) mass is 1520 g/mol. The van der Waals surface area contributed by atoms with E-state index in [0.717, 1.165) is 109 Å². The molecule has 17 atom stereocenters. The van der Waals surface area contributed by atoms with Crippen molar-refractivity contribution in [2.45, 2.75) is 394 Å². The van der Waals surface area contributed by atoms with Gasteiger partial charge in [0.2, 0.25) is 5.91 Å². The zero-order valence-corrected chi connectivity index (χ0v) is 66.5. The fourth-order valence-electron chi connectivity index (χ4n) is 13.4. The van der Waals surface area contributed by atoms with Crippen molar-refractivity contribution in [1.82, 2.24) is 5.32 Å². The van der Waals surface area contributed by atoms with Gasteiger partial charge in [0.1, 0.15) is 73.2 Å². The average Bonchev–Trinajstić information content (AvgIpc) is 0.779. The lowest BCUT2D eigenvalue weighted by Crippen LogP contribution is -2.66. The Balaban J connectivity index is 1.37. The van der Waals surface area contributed by atoms with E-state index in [0.29, 0.717) is 12.8 Å². The van der Waals surface area contributed by atoms with Gasteiger partial charge in [-0.15, -0.1) is 0 Å². The highest BCUT2D eigenvalue weighted by Gasteiger charge is 2.54. The predicted molar refractivity (Wildman–Crippen MR) is 433 cm³/mol. The highest BCUT2D eigenvalue weighted by atomic mass is 16.8. The summed E-state index contributed by atoms with van der Waals surface area (Å²) in [5.41, 5.74) is 0. The summed E-state index contributed by atoms with van der Waals surface area (Å²) in [6, 6.07) is -1.01.